The monoisotopic (exact) mass is 291 g/mol. The van der Waals surface area contributed by atoms with Crippen molar-refractivity contribution in [1.29, 1.82) is 0 Å². The molecule has 1 aliphatic carbocycles. The largest absolute Gasteiger partial charge is 0.351 e. The lowest BCUT2D eigenvalue weighted by atomic mass is 9.89. The molecule has 1 aromatic carbocycles. The van der Waals surface area contributed by atoms with E-state index in [1.54, 1.807) is 6.07 Å². The molecule has 2 aliphatic heterocycles. The first kappa shape index (κ1) is 13.0. The average Bonchev–Trinajstić information content (AvgIpc) is 2.86. The van der Waals surface area contributed by atoms with Gasteiger partial charge in [-0.1, -0.05) is 18.9 Å². The zero-order valence-electron chi connectivity index (χ0n) is 11.9. The smallest absolute Gasteiger partial charge is 0.195 e. The summed E-state index contributed by atoms with van der Waals surface area (Å²) in [5, 5.41) is 3.50. The van der Waals surface area contributed by atoms with E-state index in [2.05, 4.69) is 15.2 Å². The second kappa shape index (κ2) is 4.97. The third kappa shape index (κ3) is 2.10. The number of fused-ring (bicyclic) bond motifs is 3. The van der Waals surface area contributed by atoms with Gasteiger partial charge in [-0.2, -0.15) is 0 Å². The minimum absolute atomic E-state index is 0.0290. The molecule has 0 bridgehead atoms. The normalized spacial score (nSPS) is 31.2. The third-order valence-electron chi connectivity index (χ3n) is 4.97. The molecule has 4 rings (SSSR count). The maximum atomic E-state index is 14.2. The molecular weight excluding hydrogens is 272 g/mol. The molecule has 3 nitrogen and oxygen atoms in total. The maximum Gasteiger partial charge on any atom is 0.195 e. The second-order valence-corrected chi connectivity index (χ2v) is 6.19. The summed E-state index contributed by atoms with van der Waals surface area (Å²) in [5.41, 5.74) is 0.594. The van der Waals surface area contributed by atoms with Crippen molar-refractivity contribution in [2.24, 2.45) is 4.99 Å². The first-order chi connectivity index (χ1) is 10.2. The first-order valence-electron chi connectivity index (χ1n) is 7.78. The Hall–Kier alpha value is -1.65. The number of hydrogen-bond donors (Lipinski definition) is 1. The lowest BCUT2D eigenvalue weighted by molar-refractivity contribution is 0.185. The molecule has 112 valence electrons. The number of halogens is 2. The Morgan fingerprint density at radius 3 is 2.86 bits per heavy atom. The summed E-state index contributed by atoms with van der Waals surface area (Å²) in [4.78, 5) is 6.83. The Balaban J connectivity index is 1.71. The van der Waals surface area contributed by atoms with E-state index < -0.39 is 11.6 Å². The molecule has 3 unspecified atom stereocenters. The summed E-state index contributed by atoms with van der Waals surface area (Å²) in [6, 6.07) is 4.73. The Morgan fingerprint density at radius 1 is 1.14 bits per heavy atom. The minimum atomic E-state index is -0.518. The SMILES string of the molecule is Fc1ccc(C2CCN=C3NC4CCCCC4N32)c(F)c1. The Labute approximate surface area is 123 Å². The fraction of sp³-hybridized carbons (Fsp3) is 0.562. The van der Waals surface area contributed by atoms with Crippen molar-refractivity contribution in [2.45, 2.75) is 50.2 Å². The number of benzene rings is 1. The van der Waals surface area contributed by atoms with E-state index in [0.717, 1.165) is 31.3 Å². The van der Waals surface area contributed by atoms with Crippen molar-refractivity contribution in [3.05, 3.63) is 35.4 Å². The van der Waals surface area contributed by atoms with Crippen molar-refractivity contribution in [1.82, 2.24) is 10.2 Å². The van der Waals surface area contributed by atoms with Gasteiger partial charge in [0, 0.05) is 24.2 Å². The van der Waals surface area contributed by atoms with E-state index in [0.29, 0.717) is 24.2 Å². The van der Waals surface area contributed by atoms with E-state index in [1.807, 2.05) is 0 Å². The van der Waals surface area contributed by atoms with Crippen LogP contribution in [0.5, 0.6) is 0 Å². The van der Waals surface area contributed by atoms with Gasteiger partial charge in [0.2, 0.25) is 0 Å². The first-order valence-corrected chi connectivity index (χ1v) is 7.78. The van der Waals surface area contributed by atoms with Crippen LogP contribution < -0.4 is 5.32 Å². The third-order valence-corrected chi connectivity index (χ3v) is 4.97. The molecule has 21 heavy (non-hydrogen) atoms. The van der Waals surface area contributed by atoms with Gasteiger partial charge in [0.1, 0.15) is 11.6 Å². The second-order valence-electron chi connectivity index (χ2n) is 6.19. The number of guanidine groups is 1. The highest BCUT2D eigenvalue weighted by Gasteiger charge is 2.44. The van der Waals surface area contributed by atoms with Gasteiger partial charge in [0.15, 0.2) is 5.96 Å². The number of rotatable bonds is 1. The van der Waals surface area contributed by atoms with Crippen LogP contribution in [0.4, 0.5) is 8.78 Å². The molecule has 3 atom stereocenters. The molecule has 1 saturated heterocycles. The lowest BCUT2D eigenvalue weighted by Crippen LogP contribution is -2.43. The van der Waals surface area contributed by atoms with Gasteiger partial charge in [-0.05, 0) is 25.3 Å². The minimum Gasteiger partial charge on any atom is -0.351 e. The zero-order valence-corrected chi connectivity index (χ0v) is 11.9. The van der Waals surface area contributed by atoms with Crippen LogP contribution in [0.3, 0.4) is 0 Å². The average molecular weight is 291 g/mol. The van der Waals surface area contributed by atoms with Crippen LogP contribution in [0.2, 0.25) is 0 Å². The van der Waals surface area contributed by atoms with Crippen LogP contribution in [0, 0.1) is 11.6 Å². The van der Waals surface area contributed by atoms with Gasteiger partial charge in [-0.3, -0.25) is 4.99 Å². The van der Waals surface area contributed by atoms with Gasteiger partial charge in [-0.15, -0.1) is 0 Å². The van der Waals surface area contributed by atoms with Gasteiger partial charge in [-0.25, -0.2) is 8.78 Å². The van der Waals surface area contributed by atoms with E-state index in [9.17, 15) is 8.78 Å². The summed E-state index contributed by atoms with van der Waals surface area (Å²) in [6.07, 6.45) is 5.52. The van der Waals surface area contributed by atoms with Crippen LogP contribution >= 0.6 is 0 Å². The summed E-state index contributed by atoms with van der Waals surface area (Å²) in [7, 11) is 0. The predicted octanol–water partition coefficient (Wildman–Crippen LogP) is 2.98. The molecule has 0 radical (unpaired) electrons. The number of aliphatic imine (C=N–C) groups is 1. The van der Waals surface area contributed by atoms with Crippen LogP contribution in [-0.4, -0.2) is 29.5 Å². The molecule has 1 aromatic rings. The number of hydrogen-bond acceptors (Lipinski definition) is 3. The van der Waals surface area contributed by atoms with Crippen molar-refractivity contribution < 1.29 is 8.78 Å². The van der Waals surface area contributed by atoms with Crippen molar-refractivity contribution in [3.63, 3.8) is 0 Å². The summed E-state index contributed by atoms with van der Waals surface area (Å²) < 4.78 is 27.4. The highest BCUT2D eigenvalue weighted by molar-refractivity contribution is 5.84. The zero-order chi connectivity index (χ0) is 14.4. The molecular formula is C16H19F2N3. The highest BCUT2D eigenvalue weighted by Crippen LogP contribution is 2.38. The molecule has 3 aliphatic rings. The number of nitrogens with one attached hydrogen (secondary N) is 1. The van der Waals surface area contributed by atoms with E-state index in [4.69, 9.17) is 0 Å². The van der Waals surface area contributed by atoms with Crippen LogP contribution in [-0.2, 0) is 0 Å². The molecule has 1 N–H and O–H groups in total. The molecule has 0 spiro atoms. The van der Waals surface area contributed by atoms with Gasteiger partial charge >= 0.3 is 0 Å². The maximum absolute atomic E-state index is 14.2. The fourth-order valence-electron chi connectivity index (χ4n) is 4.02. The van der Waals surface area contributed by atoms with E-state index >= 15 is 0 Å². The Bertz CT molecular complexity index is 587. The predicted molar refractivity (Wildman–Crippen MR) is 77.0 cm³/mol. The molecule has 0 aromatic heterocycles. The van der Waals surface area contributed by atoms with E-state index in [-0.39, 0.29) is 6.04 Å². The lowest BCUT2D eigenvalue weighted by Gasteiger charge is -2.38. The molecule has 5 heteroatoms. The van der Waals surface area contributed by atoms with Gasteiger partial charge in [0.05, 0.1) is 12.1 Å². The number of nitrogens with zero attached hydrogens (tertiary/aromatic N) is 2. The van der Waals surface area contributed by atoms with Gasteiger partial charge in [0.25, 0.3) is 0 Å². The molecule has 2 heterocycles. The van der Waals surface area contributed by atoms with E-state index in [1.165, 1.54) is 18.9 Å². The van der Waals surface area contributed by atoms with Crippen LogP contribution in [0.25, 0.3) is 0 Å². The van der Waals surface area contributed by atoms with Crippen molar-refractivity contribution in [2.75, 3.05) is 6.54 Å². The summed E-state index contributed by atoms with van der Waals surface area (Å²) >= 11 is 0. The Morgan fingerprint density at radius 2 is 2.00 bits per heavy atom. The van der Waals surface area contributed by atoms with Crippen LogP contribution in [0.15, 0.2) is 23.2 Å². The molecule has 0 amide bonds. The topological polar surface area (TPSA) is 27.6 Å². The van der Waals surface area contributed by atoms with Gasteiger partial charge < -0.3 is 10.2 Å². The molecule has 1 saturated carbocycles. The standard InChI is InChI=1S/C16H19F2N3/c17-10-5-6-11(12(18)9-10)14-7-8-19-16-20-13-3-1-2-4-15(13)21(14)16/h5-6,9,13-15H,1-4,7-8H2,(H,19,20). The quantitative estimate of drug-likeness (QED) is 0.861. The Kier molecular flexibility index (Phi) is 3.08. The van der Waals surface area contributed by atoms with Crippen molar-refractivity contribution in [3.8, 4) is 0 Å². The van der Waals surface area contributed by atoms with Crippen molar-refractivity contribution >= 4 is 5.96 Å². The summed E-state index contributed by atoms with van der Waals surface area (Å²) in [6.45, 7) is 0.694. The fourth-order valence-corrected chi connectivity index (χ4v) is 4.02. The highest BCUT2D eigenvalue weighted by atomic mass is 19.1. The summed E-state index contributed by atoms with van der Waals surface area (Å²) in [5.74, 6) is -0.0524. The molecule has 2 fully saturated rings. The van der Waals surface area contributed by atoms with Crippen LogP contribution in [0.1, 0.15) is 43.7 Å².